The summed E-state index contributed by atoms with van der Waals surface area (Å²) in [6.07, 6.45) is 57.0. The molecule has 0 fully saturated rings. The minimum atomic E-state index is -4.96. The van der Waals surface area contributed by atoms with E-state index in [1.54, 1.807) is 0 Å². The SMILES string of the molecule is CCC(C)CCCCCCCCCCCCCCCCCCCCC(=O)O[C@H](COC(=O)CCCCCCCCCC(C)C)COP(=O)(O)OCC(O)COP(=O)(O)OC[C@@H](COC(=O)CCCCCCCCCCCC(C)C)OC(=O)CCCCCCCCCCCCCCCC(C)C. The third-order valence-corrected chi connectivity index (χ3v) is 21.1. The van der Waals surface area contributed by atoms with Crippen molar-refractivity contribution in [2.45, 2.75) is 433 Å². The van der Waals surface area contributed by atoms with Crippen molar-refractivity contribution in [2.24, 2.45) is 23.7 Å². The Morgan fingerprint density at radius 3 is 0.710 bits per heavy atom. The first kappa shape index (κ1) is 98.1. The lowest BCUT2D eigenvalue weighted by Crippen LogP contribution is -2.30. The van der Waals surface area contributed by atoms with E-state index in [4.69, 9.17) is 37.0 Å². The first-order chi connectivity index (χ1) is 48.1. The quantitative estimate of drug-likeness (QED) is 0.0222. The Balaban J connectivity index is 5.19. The van der Waals surface area contributed by atoms with Gasteiger partial charge in [-0.25, -0.2) is 9.13 Å². The highest BCUT2D eigenvalue weighted by Gasteiger charge is 2.30. The van der Waals surface area contributed by atoms with Crippen LogP contribution in [0, 0.1) is 23.7 Å². The number of rotatable bonds is 78. The van der Waals surface area contributed by atoms with Crippen LogP contribution in [0.1, 0.15) is 415 Å². The summed E-state index contributed by atoms with van der Waals surface area (Å²) in [5, 5.41) is 10.6. The van der Waals surface area contributed by atoms with Gasteiger partial charge in [0.1, 0.15) is 19.3 Å². The smallest absolute Gasteiger partial charge is 0.462 e. The molecule has 0 saturated heterocycles. The van der Waals surface area contributed by atoms with Gasteiger partial charge in [0.15, 0.2) is 12.2 Å². The maximum atomic E-state index is 13.1. The zero-order chi connectivity index (χ0) is 73.8. The third kappa shape index (κ3) is 73.0. The van der Waals surface area contributed by atoms with E-state index in [0.717, 1.165) is 114 Å². The van der Waals surface area contributed by atoms with Crippen LogP contribution >= 0.6 is 15.6 Å². The van der Waals surface area contributed by atoms with Crippen LogP contribution in [0.2, 0.25) is 0 Å². The second kappa shape index (κ2) is 70.1. The van der Waals surface area contributed by atoms with Crippen molar-refractivity contribution < 1.29 is 80.2 Å². The van der Waals surface area contributed by atoms with Gasteiger partial charge in [-0.3, -0.25) is 37.3 Å². The van der Waals surface area contributed by atoms with Crippen LogP contribution < -0.4 is 0 Å². The van der Waals surface area contributed by atoms with Gasteiger partial charge in [-0.1, -0.05) is 364 Å². The predicted molar refractivity (Wildman–Crippen MR) is 409 cm³/mol. The predicted octanol–water partition coefficient (Wildman–Crippen LogP) is 24.0. The Bertz CT molecular complexity index is 1960. The fourth-order valence-electron chi connectivity index (χ4n) is 12.4. The third-order valence-electron chi connectivity index (χ3n) is 19.2. The van der Waals surface area contributed by atoms with Gasteiger partial charge >= 0.3 is 39.5 Å². The highest BCUT2D eigenvalue weighted by atomic mass is 31.2. The second-order valence-electron chi connectivity index (χ2n) is 30.8. The Morgan fingerprint density at radius 2 is 0.480 bits per heavy atom. The lowest BCUT2D eigenvalue weighted by atomic mass is 9.99. The normalized spacial score (nSPS) is 14.3. The Kier molecular flexibility index (Phi) is 68.7. The molecular formula is C81H158O17P2. The van der Waals surface area contributed by atoms with Crippen molar-refractivity contribution in [2.75, 3.05) is 39.6 Å². The van der Waals surface area contributed by atoms with E-state index < -0.39 is 97.5 Å². The molecule has 100 heavy (non-hydrogen) atoms. The highest BCUT2D eigenvalue weighted by molar-refractivity contribution is 7.47. The van der Waals surface area contributed by atoms with Crippen LogP contribution in [0.5, 0.6) is 0 Å². The molecule has 17 nitrogen and oxygen atoms in total. The lowest BCUT2D eigenvalue weighted by Gasteiger charge is -2.21. The van der Waals surface area contributed by atoms with Crippen molar-refractivity contribution in [1.82, 2.24) is 0 Å². The molecule has 0 bridgehead atoms. The molecule has 3 N–H and O–H groups in total. The van der Waals surface area contributed by atoms with E-state index in [9.17, 15) is 43.2 Å². The number of ether oxygens (including phenoxy) is 4. The number of carbonyl (C=O) groups is 4. The molecular weight excluding hydrogens is 1310 g/mol. The molecule has 594 valence electrons. The minimum Gasteiger partial charge on any atom is -0.462 e. The molecule has 6 atom stereocenters. The van der Waals surface area contributed by atoms with E-state index in [0.29, 0.717) is 31.6 Å². The van der Waals surface area contributed by atoms with E-state index >= 15 is 0 Å². The van der Waals surface area contributed by atoms with Gasteiger partial charge in [-0.2, -0.15) is 0 Å². The molecule has 0 aliphatic rings. The van der Waals surface area contributed by atoms with Crippen LogP contribution in [0.4, 0.5) is 0 Å². The maximum Gasteiger partial charge on any atom is 0.472 e. The number of aliphatic hydroxyl groups excluding tert-OH is 1. The lowest BCUT2D eigenvalue weighted by molar-refractivity contribution is -0.161. The fourth-order valence-corrected chi connectivity index (χ4v) is 14.0. The van der Waals surface area contributed by atoms with Gasteiger partial charge in [0, 0.05) is 25.7 Å². The Labute approximate surface area is 613 Å². The number of phosphoric ester groups is 2. The van der Waals surface area contributed by atoms with Crippen molar-refractivity contribution in [1.29, 1.82) is 0 Å². The van der Waals surface area contributed by atoms with Crippen molar-refractivity contribution in [3.63, 3.8) is 0 Å². The molecule has 0 aromatic heterocycles. The topological polar surface area (TPSA) is 237 Å². The van der Waals surface area contributed by atoms with Crippen LogP contribution in [0.25, 0.3) is 0 Å². The summed E-state index contributed by atoms with van der Waals surface area (Å²) in [6.45, 7) is 14.2. The fraction of sp³-hybridized carbons (Fsp3) is 0.951. The number of carbonyl (C=O) groups excluding carboxylic acids is 4. The molecule has 0 aliphatic heterocycles. The van der Waals surface area contributed by atoms with E-state index in [1.807, 2.05) is 0 Å². The van der Waals surface area contributed by atoms with Gasteiger partial charge in [0.25, 0.3) is 0 Å². The standard InChI is InChI=1S/C81H158O17P2/c1-9-74(8)60-52-44-36-28-22-18-14-12-10-11-13-15-19-23-29-38-47-55-63-81(86)98-77(68-92-79(84)62-54-46-40-32-35-43-51-59-73(6)7)70-96-100(89,90)94-66-75(82)65-93-99(87,88)95-69-76(67-91-78(83)61-53-45-37-31-25-27-34-42-50-58-72(4)5)97-80(85)64-56-48-39-30-24-20-16-17-21-26-33-41-49-57-71(2)3/h71-77,82H,9-70H2,1-8H3,(H,87,88)(H,89,90)/t74?,75?,76-,77-/m1/s1. The maximum absolute atomic E-state index is 13.1. The van der Waals surface area contributed by atoms with Gasteiger partial charge in [-0.15, -0.1) is 0 Å². The van der Waals surface area contributed by atoms with Crippen LogP contribution in [0.3, 0.4) is 0 Å². The number of aliphatic hydroxyl groups is 1. The molecule has 0 rings (SSSR count). The average molecular weight is 1470 g/mol. The monoisotopic (exact) mass is 1470 g/mol. The number of phosphoric acid groups is 2. The second-order valence-corrected chi connectivity index (χ2v) is 33.7. The number of unbranched alkanes of at least 4 members (excludes halogenated alkanes) is 43. The van der Waals surface area contributed by atoms with E-state index in [-0.39, 0.29) is 25.7 Å². The highest BCUT2D eigenvalue weighted by Crippen LogP contribution is 2.45. The van der Waals surface area contributed by atoms with E-state index in [1.165, 1.54) is 212 Å². The first-order valence-electron chi connectivity index (χ1n) is 41.7. The molecule has 19 heteroatoms. The molecule has 0 aromatic rings. The number of hydrogen-bond donors (Lipinski definition) is 3. The molecule has 4 unspecified atom stereocenters. The van der Waals surface area contributed by atoms with Crippen molar-refractivity contribution in [3.05, 3.63) is 0 Å². The summed E-state index contributed by atoms with van der Waals surface area (Å²) in [6, 6.07) is 0. The van der Waals surface area contributed by atoms with Crippen LogP contribution in [-0.4, -0.2) is 96.7 Å². The summed E-state index contributed by atoms with van der Waals surface area (Å²) in [4.78, 5) is 73.0. The Morgan fingerprint density at radius 1 is 0.280 bits per heavy atom. The van der Waals surface area contributed by atoms with Gasteiger partial charge < -0.3 is 33.8 Å². The summed E-state index contributed by atoms with van der Waals surface area (Å²) in [7, 11) is -9.92. The van der Waals surface area contributed by atoms with E-state index in [2.05, 4.69) is 55.4 Å². The molecule has 0 amide bonds. The molecule has 0 spiro atoms. The summed E-state index contributed by atoms with van der Waals surface area (Å²) in [5.74, 6) is 0.990. The average Bonchev–Trinajstić information content (AvgIpc) is 0.945. The van der Waals surface area contributed by atoms with Gasteiger partial charge in [-0.05, 0) is 49.4 Å². The molecule has 0 radical (unpaired) electrons. The van der Waals surface area contributed by atoms with Gasteiger partial charge in [0.2, 0.25) is 0 Å². The van der Waals surface area contributed by atoms with Crippen LogP contribution in [-0.2, 0) is 65.4 Å². The Hall–Kier alpha value is -1.94. The molecule has 0 aromatic carbocycles. The van der Waals surface area contributed by atoms with Crippen molar-refractivity contribution in [3.8, 4) is 0 Å². The largest absolute Gasteiger partial charge is 0.472 e. The summed E-state index contributed by atoms with van der Waals surface area (Å²) in [5.41, 5.74) is 0. The van der Waals surface area contributed by atoms with Crippen LogP contribution in [0.15, 0.2) is 0 Å². The zero-order valence-electron chi connectivity index (χ0n) is 65.8. The first-order valence-corrected chi connectivity index (χ1v) is 44.7. The zero-order valence-corrected chi connectivity index (χ0v) is 67.6. The summed E-state index contributed by atoms with van der Waals surface area (Å²) < 4.78 is 68.7. The van der Waals surface area contributed by atoms with Crippen molar-refractivity contribution >= 4 is 39.5 Å². The molecule has 0 saturated carbocycles. The molecule has 0 aliphatic carbocycles. The minimum absolute atomic E-state index is 0.106. The molecule has 0 heterocycles. The number of esters is 4. The van der Waals surface area contributed by atoms with Gasteiger partial charge in [0.05, 0.1) is 26.4 Å². The number of hydrogen-bond acceptors (Lipinski definition) is 15. The summed E-state index contributed by atoms with van der Waals surface area (Å²) >= 11 is 0.